The molecule has 0 bridgehead atoms. The van der Waals surface area contributed by atoms with Gasteiger partial charge in [-0.25, -0.2) is 4.18 Å². The minimum Gasteiger partial charge on any atom is -0.394 e. The molecule has 0 saturated carbocycles. The minimum absolute atomic E-state index is 0.255. The van der Waals surface area contributed by atoms with Crippen LogP contribution in [-0.2, 0) is 28.9 Å². The maximum Gasteiger partial charge on any atom is 0.397 e. The number of carbonyl (C=O) groups is 1. The Hall–Kier alpha value is -1.16. The molecular weight excluding hydrogens is 943 g/mol. The van der Waals surface area contributed by atoms with E-state index in [0.29, 0.717) is 6.42 Å². The second-order valence-corrected chi connectivity index (χ2v) is 23.1. The Morgan fingerprint density at radius 1 is 0.534 bits per heavy atom. The summed E-state index contributed by atoms with van der Waals surface area (Å²) in [5.74, 6) is -0.255. The molecule has 1 rings (SSSR count). The van der Waals surface area contributed by atoms with E-state index in [2.05, 4.69) is 23.3 Å². The second kappa shape index (κ2) is 50.4. The Labute approximate surface area is 449 Å². The predicted octanol–water partition coefficient (Wildman–Crippen LogP) is 15.0. The summed E-state index contributed by atoms with van der Waals surface area (Å²) < 4.78 is 47.9. The van der Waals surface area contributed by atoms with Gasteiger partial charge in [-0.3, -0.25) is 9.35 Å². The van der Waals surface area contributed by atoms with Gasteiger partial charge in [-0.1, -0.05) is 296 Å². The van der Waals surface area contributed by atoms with Crippen LogP contribution in [0.1, 0.15) is 309 Å². The smallest absolute Gasteiger partial charge is 0.394 e. The third-order valence-electron chi connectivity index (χ3n) is 15.1. The van der Waals surface area contributed by atoms with E-state index in [-0.39, 0.29) is 18.9 Å². The van der Waals surface area contributed by atoms with Crippen molar-refractivity contribution in [3.63, 3.8) is 0 Å². The molecule has 434 valence electrons. The number of allylic oxidation sites excluding steroid dienone is 1. The Morgan fingerprint density at radius 2 is 0.863 bits per heavy atom. The second-order valence-electron chi connectivity index (χ2n) is 22.0. The maximum absolute atomic E-state index is 13.1. The number of amides is 1. The van der Waals surface area contributed by atoms with Gasteiger partial charge >= 0.3 is 10.4 Å². The van der Waals surface area contributed by atoms with E-state index in [1.54, 1.807) is 6.08 Å². The van der Waals surface area contributed by atoms with Crippen LogP contribution in [0.2, 0.25) is 0 Å². The summed E-state index contributed by atoms with van der Waals surface area (Å²) in [6.45, 7) is 3.44. The fourth-order valence-electron chi connectivity index (χ4n) is 10.3. The quantitative estimate of drug-likeness (QED) is 0.0193. The summed E-state index contributed by atoms with van der Waals surface area (Å²) in [4.78, 5) is 13.1. The van der Waals surface area contributed by atoms with Crippen molar-refractivity contribution >= 4 is 16.3 Å². The number of ether oxygens (including phenoxy) is 2. The molecule has 0 aromatic rings. The molecule has 7 unspecified atom stereocenters. The molecule has 0 aliphatic carbocycles. The summed E-state index contributed by atoms with van der Waals surface area (Å²) >= 11 is 0. The van der Waals surface area contributed by atoms with E-state index in [1.165, 1.54) is 244 Å². The summed E-state index contributed by atoms with van der Waals surface area (Å²) in [6.07, 6.45) is 52.8. The Morgan fingerprint density at radius 3 is 1.19 bits per heavy atom. The van der Waals surface area contributed by atoms with Crippen LogP contribution in [0.25, 0.3) is 0 Å². The number of nitrogens with one attached hydrogen (secondary N) is 1. The molecular formula is C60H117NO11S. The van der Waals surface area contributed by atoms with Gasteiger partial charge in [0.25, 0.3) is 0 Å². The Bertz CT molecular complexity index is 1340. The van der Waals surface area contributed by atoms with Crippen LogP contribution in [0.4, 0.5) is 0 Å². The van der Waals surface area contributed by atoms with Crippen LogP contribution < -0.4 is 5.32 Å². The van der Waals surface area contributed by atoms with Crippen molar-refractivity contribution in [3.8, 4) is 0 Å². The van der Waals surface area contributed by atoms with Crippen molar-refractivity contribution < 1.29 is 51.8 Å². The highest BCUT2D eigenvalue weighted by Crippen LogP contribution is 2.26. The molecule has 0 radical (unpaired) electrons. The first kappa shape index (κ1) is 69.9. The zero-order chi connectivity index (χ0) is 53.3. The largest absolute Gasteiger partial charge is 0.397 e. The minimum atomic E-state index is -5.09. The summed E-state index contributed by atoms with van der Waals surface area (Å²) in [7, 11) is -5.09. The number of hydrogen-bond donors (Lipinski definition) is 6. The molecule has 13 heteroatoms. The van der Waals surface area contributed by atoms with Gasteiger partial charge in [0.05, 0.1) is 25.4 Å². The number of carbonyl (C=O) groups excluding carboxylic acids is 1. The highest BCUT2D eigenvalue weighted by molar-refractivity contribution is 7.80. The van der Waals surface area contributed by atoms with Crippen molar-refractivity contribution in [2.45, 2.75) is 352 Å². The van der Waals surface area contributed by atoms with Crippen molar-refractivity contribution in [1.82, 2.24) is 5.32 Å². The monoisotopic (exact) mass is 1060 g/mol. The lowest BCUT2D eigenvalue weighted by atomic mass is 9.99. The maximum atomic E-state index is 13.1. The van der Waals surface area contributed by atoms with E-state index < -0.39 is 59.9 Å². The first-order valence-electron chi connectivity index (χ1n) is 31.1. The average Bonchev–Trinajstić information content (AvgIpc) is 3.37. The van der Waals surface area contributed by atoms with Crippen LogP contribution in [0.3, 0.4) is 0 Å². The standard InChI is InChI=1S/C60H117NO11S/c1-3-5-7-9-11-13-15-17-19-21-22-23-24-25-26-27-28-29-30-31-32-33-34-36-38-40-42-44-46-48-50-56(64)61-53(52-70-60-58(66)59(72-73(67,68)69)57(65)55(51-62)71-60)54(63)49-47-45-43-41-39-37-35-20-18-16-14-12-10-8-6-4-2/h47,49,53-55,57-60,62-63,65-66H,3-46,48,50-52H2,1-2H3,(H,61,64)(H,67,68,69)/b49-47+. The number of hydrogen-bond acceptors (Lipinski definition) is 10. The van der Waals surface area contributed by atoms with E-state index >= 15 is 0 Å². The summed E-state index contributed by atoms with van der Waals surface area (Å²) in [5, 5.41) is 45.0. The Kier molecular flexibility index (Phi) is 48.2. The first-order valence-corrected chi connectivity index (χ1v) is 32.4. The molecule has 1 aliphatic rings. The van der Waals surface area contributed by atoms with Gasteiger partial charge in [-0.05, 0) is 19.3 Å². The van der Waals surface area contributed by atoms with Gasteiger partial charge < -0.3 is 35.2 Å². The normalized spacial score (nSPS) is 19.2. The molecule has 1 fully saturated rings. The molecule has 1 aliphatic heterocycles. The van der Waals surface area contributed by atoms with Crippen molar-refractivity contribution in [2.75, 3.05) is 13.2 Å². The van der Waals surface area contributed by atoms with E-state index in [4.69, 9.17) is 9.47 Å². The zero-order valence-corrected chi connectivity index (χ0v) is 48.0. The van der Waals surface area contributed by atoms with Gasteiger partial charge in [-0.15, -0.1) is 0 Å². The summed E-state index contributed by atoms with van der Waals surface area (Å²) in [6, 6.07) is -0.940. The van der Waals surface area contributed by atoms with E-state index in [9.17, 15) is 38.2 Å². The lowest BCUT2D eigenvalue weighted by Gasteiger charge is -2.41. The lowest BCUT2D eigenvalue weighted by molar-refractivity contribution is -0.298. The molecule has 6 N–H and O–H groups in total. The topological polar surface area (TPSA) is 192 Å². The number of rotatable bonds is 55. The molecule has 1 saturated heterocycles. The third kappa shape index (κ3) is 42.5. The van der Waals surface area contributed by atoms with Crippen molar-refractivity contribution in [3.05, 3.63) is 12.2 Å². The SMILES string of the molecule is CCCCCCCCCCCCCCCC/C=C/C(O)C(COC1OC(CO)C(O)C(OS(=O)(=O)O)C1O)NC(=O)CCCCCCCCCCCCCCCCCCCCCCCCCCCCCCCC. The van der Waals surface area contributed by atoms with E-state index in [0.717, 1.165) is 38.5 Å². The number of aliphatic hydroxyl groups is 4. The van der Waals surface area contributed by atoms with Crippen LogP contribution in [-0.4, -0.2) is 95.4 Å². The van der Waals surface area contributed by atoms with Gasteiger partial charge in [0, 0.05) is 6.42 Å². The van der Waals surface area contributed by atoms with Gasteiger partial charge in [-0.2, -0.15) is 8.42 Å². The molecule has 0 spiro atoms. The lowest BCUT2D eigenvalue weighted by Crippen LogP contribution is -2.61. The molecule has 1 heterocycles. The van der Waals surface area contributed by atoms with Crippen LogP contribution in [0.15, 0.2) is 12.2 Å². The number of unbranched alkanes of at least 4 members (excludes halogenated alkanes) is 43. The first-order chi connectivity index (χ1) is 35.5. The van der Waals surface area contributed by atoms with E-state index in [1.807, 2.05) is 6.08 Å². The van der Waals surface area contributed by atoms with Crippen LogP contribution in [0.5, 0.6) is 0 Å². The summed E-state index contributed by atoms with van der Waals surface area (Å²) in [5.41, 5.74) is 0. The average molecular weight is 1060 g/mol. The van der Waals surface area contributed by atoms with Gasteiger partial charge in [0.2, 0.25) is 5.91 Å². The van der Waals surface area contributed by atoms with Crippen molar-refractivity contribution in [2.24, 2.45) is 0 Å². The zero-order valence-electron chi connectivity index (χ0n) is 47.2. The fourth-order valence-corrected chi connectivity index (χ4v) is 10.8. The van der Waals surface area contributed by atoms with Gasteiger partial charge in [0.15, 0.2) is 6.29 Å². The predicted molar refractivity (Wildman–Crippen MR) is 301 cm³/mol. The molecule has 7 atom stereocenters. The van der Waals surface area contributed by atoms with Gasteiger partial charge in [0.1, 0.15) is 24.4 Å². The highest BCUT2D eigenvalue weighted by Gasteiger charge is 2.48. The number of aliphatic hydroxyl groups excluding tert-OH is 4. The molecule has 12 nitrogen and oxygen atoms in total. The van der Waals surface area contributed by atoms with Crippen LogP contribution >= 0.6 is 0 Å². The highest BCUT2D eigenvalue weighted by atomic mass is 32.3. The molecule has 0 aromatic heterocycles. The fraction of sp³-hybridized carbons (Fsp3) is 0.950. The van der Waals surface area contributed by atoms with Crippen LogP contribution in [0, 0.1) is 0 Å². The third-order valence-corrected chi connectivity index (χ3v) is 15.5. The molecule has 0 aromatic carbocycles. The molecule has 73 heavy (non-hydrogen) atoms. The Balaban J connectivity index is 2.26. The van der Waals surface area contributed by atoms with Crippen molar-refractivity contribution in [1.29, 1.82) is 0 Å². The molecule has 1 amide bonds.